The zero-order chi connectivity index (χ0) is 20.7. The molecule has 0 saturated heterocycles. The Kier molecular flexibility index (Phi) is 7.71. The van der Waals surface area contributed by atoms with Crippen molar-refractivity contribution in [2.45, 2.75) is 19.6 Å². The van der Waals surface area contributed by atoms with Gasteiger partial charge in [0.1, 0.15) is 5.75 Å². The van der Waals surface area contributed by atoms with Gasteiger partial charge in [0, 0.05) is 12.3 Å². The molecule has 2 rings (SSSR count). The quantitative estimate of drug-likeness (QED) is 0.513. The van der Waals surface area contributed by atoms with Crippen molar-refractivity contribution >= 4 is 47.0 Å². The highest BCUT2D eigenvalue weighted by Gasteiger charge is 2.18. The second-order valence-corrected chi connectivity index (χ2v) is 6.18. The average molecular weight is 431 g/mol. The van der Waals surface area contributed by atoms with Gasteiger partial charge in [0.05, 0.1) is 10.0 Å². The van der Waals surface area contributed by atoms with E-state index in [4.69, 9.17) is 27.9 Å². The van der Waals surface area contributed by atoms with Gasteiger partial charge >= 0.3 is 12.6 Å². The van der Waals surface area contributed by atoms with E-state index >= 15 is 0 Å². The molecule has 148 valence electrons. The van der Waals surface area contributed by atoms with Crippen molar-refractivity contribution in [2.75, 3.05) is 5.32 Å². The van der Waals surface area contributed by atoms with Crippen LogP contribution in [0.15, 0.2) is 42.6 Å². The molecule has 0 radical (unpaired) electrons. The number of pyridine rings is 1. The Balaban J connectivity index is 1.88. The number of hydrogen-bond acceptors (Lipinski definition) is 5. The van der Waals surface area contributed by atoms with Crippen molar-refractivity contribution in [1.82, 2.24) is 4.98 Å². The van der Waals surface area contributed by atoms with Crippen LogP contribution in [0.3, 0.4) is 0 Å². The second-order valence-electron chi connectivity index (χ2n) is 5.33. The van der Waals surface area contributed by atoms with Crippen LogP contribution in [0.5, 0.6) is 5.75 Å². The van der Waals surface area contributed by atoms with E-state index in [9.17, 15) is 18.4 Å². The third-order valence-electron chi connectivity index (χ3n) is 3.23. The normalized spacial score (nSPS) is 12.1. The first-order chi connectivity index (χ1) is 13.2. The van der Waals surface area contributed by atoms with E-state index in [0.717, 1.165) is 6.08 Å². The molecular formula is C18H14Cl2F2N2O4. The number of aromatic nitrogens is 1. The fraction of sp³-hybridized carbons (Fsp3) is 0.167. The number of esters is 1. The number of rotatable bonds is 7. The van der Waals surface area contributed by atoms with Gasteiger partial charge in [-0.05, 0) is 36.8 Å². The van der Waals surface area contributed by atoms with Gasteiger partial charge in [-0.3, -0.25) is 4.79 Å². The molecule has 0 bridgehead atoms. The number of alkyl halides is 2. The Morgan fingerprint density at radius 2 is 1.89 bits per heavy atom. The first-order valence-corrected chi connectivity index (χ1v) is 8.55. The van der Waals surface area contributed by atoms with Crippen LogP contribution in [0.25, 0.3) is 6.08 Å². The van der Waals surface area contributed by atoms with Gasteiger partial charge in [-0.1, -0.05) is 35.3 Å². The van der Waals surface area contributed by atoms with Crippen molar-refractivity contribution in [3.63, 3.8) is 0 Å². The highest BCUT2D eigenvalue weighted by molar-refractivity contribution is 6.36. The van der Waals surface area contributed by atoms with E-state index in [2.05, 4.69) is 15.0 Å². The summed E-state index contributed by atoms with van der Waals surface area (Å²) in [6, 6.07) is 7.02. The fourth-order valence-electron chi connectivity index (χ4n) is 1.92. The van der Waals surface area contributed by atoms with E-state index in [1.165, 1.54) is 49.5 Å². The molecule has 0 spiro atoms. The van der Waals surface area contributed by atoms with Crippen molar-refractivity contribution < 1.29 is 27.8 Å². The Labute approximate surface area is 169 Å². The summed E-state index contributed by atoms with van der Waals surface area (Å²) in [5, 5.41) is 2.87. The zero-order valence-corrected chi connectivity index (χ0v) is 15.9. The van der Waals surface area contributed by atoms with E-state index in [-0.39, 0.29) is 16.6 Å². The molecule has 1 aromatic carbocycles. The molecule has 1 N–H and O–H groups in total. The van der Waals surface area contributed by atoms with Crippen LogP contribution in [-0.2, 0) is 14.3 Å². The number of nitrogens with zero attached hydrogens (tertiary/aromatic N) is 1. The second kappa shape index (κ2) is 10.0. The SMILES string of the molecule is C[C@H](OC(=O)/C=C/c1ccc(OC(F)F)cc1)C(=O)Nc1ncc(Cl)cc1Cl. The van der Waals surface area contributed by atoms with E-state index < -0.39 is 24.6 Å². The predicted octanol–water partition coefficient (Wildman–Crippen LogP) is 4.57. The van der Waals surface area contributed by atoms with Crippen LogP contribution < -0.4 is 10.1 Å². The molecule has 6 nitrogen and oxygen atoms in total. The number of halogens is 4. The minimum absolute atomic E-state index is 0.00510. The molecule has 1 heterocycles. The summed E-state index contributed by atoms with van der Waals surface area (Å²) in [7, 11) is 0. The Morgan fingerprint density at radius 1 is 1.21 bits per heavy atom. The van der Waals surface area contributed by atoms with Gasteiger partial charge in [0.25, 0.3) is 5.91 Å². The molecule has 1 atom stereocenters. The number of nitrogens with one attached hydrogen (secondary N) is 1. The van der Waals surface area contributed by atoms with Crippen LogP contribution in [0.4, 0.5) is 14.6 Å². The fourth-order valence-corrected chi connectivity index (χ4v) is 2.34. The average Bonchev–Trinajstić information content (AvgIpc) is 2.63. The maximum absolute atomic E-state index is 12.1. The molecule has 10 heteroatoms. The number of hydrogen-bond donors (Lipinski definition) is 1. The Morgan fingerprint density at radius 3 is 2.50 bits per heavy atom. The maximum atomic E-state index is 12.1. The predicted molar refractivity (Wildman–Crippen MR) is 101 cm³/mol. The summed E-state index contributed by atoms with van der Waals surface area (Å²) >= 11 is 11.6. The number of ether oxygens (including phenoxy) is 2. The molecule has 1 amide bonds. The number of anilines is 1. The molecule has 0 saturated carbocycles. The van der Waals surface area contributed by atoms with Gasteiger partial charge in [0.15, 0.2) is 11.9 Å². The molecule has 0 aliphatic heterocycles. The highest BCUT2D eigenvalue weighted by Crippen LogP contribution is 2.22. The first-order valence-electron chi connectivity index (χ1n) is 7.80. The van der Waals surface area contributed by atoms with Gasteiger partial charge in [0.2, 0.25) is 0 Å². The van der Waals surface area contributed by atoms with Gasteiger partial charge in [-0.2, -0.15) is 8.78 Å². The minimum Gasteiger partial charge on any atom is -0.449 e. The number of amides is 1. The highest BCUT2D eigenvalue weighted by atomic mass is 35.5. The van der Waals surface area contributed by atoms with Crippen molar-refractivity contribution in [2.24, 2.45) is 0 Å². The van der Waals surface area contributed by atoms with Crippen molar-refractivity contribution in [1.29, 1.82) is 0 Å². The molecular weight excluding hydrogens is 417 g/mol. The molecule has 28 heavy (non-hydrogen) atoms. The summed E-state index contributed by atoms with van der Waals surface area (Å²) in [6.45, 7) is -1.54. The minimum atomic E-state index is -2.91. The largest absolute Gasteiger partial charge is 0.449 e. The Bertz CT molecular complexity index is 876. The van der Waals surface area contributed by atoms with Gasteiger partial charge in [-0.15, -0.1) is 0 Å². The monoisotopic (exact) mass is 430 g/mol. The van der Waals surface area contributed by atoms with Crippen molar-refractivity contribution in [3.05, 3.63) is 58.2 Å². The summed E-state index contributed by atoms with van der Waals surface area (Å²) in [5.41, 5.74) is 0.549. The van der Waals surface area contributed by atoms with Crippen LogP contribution in [0.2, 0.25) is 10.0 Å². The number of benzene rings is 1. The molecule has 2 aromatic rings. The lowest BCUT2D eigenvalue weighted by molar-refractivity contribution is -0.148. The van der Waals surface area contributed by atoms with Crippen LogP contribution in [0.1, 0.15) is 12.5 Å². The molecule has 0 aliphatic carbocycles. The molecule has 0 aliphatic rings. The van der Waals surface area contributed by atoms with E-state index in [1.54, 1.807) is 0 Å². The summed E-state index contributed by atoms with van der Waals surface area (Å²) < 4.78 is 33.4. The first kappa shape index (κ1) is 21.6. The third-order valence-corrected chi connectivity index (χ3v) is 3.72. The molecule has 1 aromatic heterocycles. The Hall–Kier alpha value is -2.71. The number of carbonyl (C=O) groups is 2. The van der Waals surface area contributed by atoms with Gasteiger partial charge < -0.3 is 14.8 Å². The number of carbonyl (C=O) groups excluding carboxylic acids is 2. The lowest BCUT2D eigenvalue weighted by Crippen LogP contribution is -2.29. The third kappa shape index (κ3) is 6.79. The molecule has 0 fully saturated rings. The summed E-state index contributed by atoms with van der Waals surface area (Å²) in [5.74, 6) is -1.33. The van der Waals surface area contributed by atoms with Gasteiger partial charge in [-0.25, -0.2) is 9.78 Å². The van der Waals surface area contributed by atoms with E-state index in [0.29, 0.717) is 10.6 Å². The molecule has 0 unspecified atom stereocenters. The lowest BCUT2D eigenvalue weighted by Gasteiger charge is -2.12. The standard InChI is InChI=1S/C18H14Cl2F2N2O4/c1-10(17(26)24-16-14(20)8-12(19)9-23-16)27-15(25)7-4-11-2-5-13(6-3-11)28-18(21)22/h2-10,18H,1H3,(H,23,24,26)/b7-4+/t10-/m0/s1. The van der Waals surface area contributed by atoms with Crippen molar-refractivity contribution in [3.8, 4) is 5.75 Å². The zero-order valence-electron chi connectivity index (χ0n) is 14.4. The lowest BCUT2D eigenvalue weighted by atomic mass is 10.2. The van der Waals surface area contributed by atoms with E-state index in [1.807, 2.05) is 0 Å². The van der Waals surface area contributed by atoms with Crippen LogP contribution in [0, 0.1) is 0 Å². The van der Waals surface area contributed by atoms with Crippen LogP contribution >= 0.6 is 23.2 Å². The maximum Gasteiger partial charge on any atom is 0.387 e. The smallest absolute Gasteiger partial charge is 0.387 e. The summed E-state index contributed by atoms with van der Waals surface area (Å²) in [4.78, 5) is 27.8. The van der Waals surface area contributed by atoms with Crippen LogP contribution in [-0.4, -0.2) is 29.6 Å². The topological polar surface area (TPSA) is 77.5 Å². The summed E-state index contributed by atoms with van der Waals surface area (Å²) in [6.07, 6.45) is 2.68.